The molecule has 0 bridgehead atoms. The minimum atomic E-state index is -0.491. The van der Waals surface area contributed by atoms with Gasteiger partial charge in [0.05, 0.1) is 0 Å². The van der Waals surface area contributed by atoms with Crippen molar-refractivity contribution in [2.75, 3.05) is 0 Å². The van der Waals surface area contributed by atoms with Gasteiger partial charge in [-0.15, -0.1) is 11.3 Å². The highest BCUT2D eigenvalue weighted by molar-refractivity contribution is 7.25. The first-order valence-corrected chi connectivity index (χ1v) is 19.0. The van der Waals surface area contributed by atoms with Crippen molar-refractivity contribution < 1.29 is 4.42 Å². The zero-order valence-electron chi connectivity index (χ0n) is 29.0. The summed E-state index contributed by atoms with van der Waals surface area (Å²) in [6.45, 7) is 0. The van der Waals surface area contributed by atoms with Crippen LogP contribution in [0.3, 0.4) is 0 Å². The van der Waals surface area contributed by atoms with Gasteiger partial charge in [0, 0.05) is 47.6 Å². The lowest BCUT2D eigenvalue weighted by Crippen LogP contribution is -2.36. The molecule has 0 aliphatic carbocycles. The molecule has 0 amide bonds. The smallest absolute Gasteiger partial charge is 0.170 e. The Kier molecular flexibility index (Phi) is 7.07. The Morgan fingerprint density at radius 3 is 1.98 bits per heavy atom. The summed E-state index contributed by atoms with van der Waals surface area (Å²) in [6.07, 6.45) is -0.491. The molecule has 1 aliphatic rings. The maximum absolute atomic E-state index is 6.60. The Bertz CT molecular complexity index is 3140. The SMILES string of the molecule is c1ccc(-c2ccc(C3=NC(c4cccc5oc6cc(-c7ccc8sc9ccccc9c8c7)ccc6c45)N=C(c4ccc5ccccc5c4)N3)cc2)cc1. The van der Waals surface area contributed by atoms with Crippen LogP contribution in [0, 0.1) is 0 Å². The number of rotatable bonds is 5. The van der Waals surface area contributed by atoms with Crippen LogP contribution in [0.2, 0.25) is 0 Å². The summed E-state index contributed by atoms with van der Waals surface area (Å²) in [5, 5.41) is 10.6. The topological polar surface area (TPSA) is 49.9 Å². The van der Waals surface area contributed by atoms with Crippen molar-refractivity contribution in [2.45, 2.75) is 6.17 Å². The summed E-state index contributed by atoms with van der Waals surface area (Å²) >= 11 is 1.84. The van der Waals surface area contributed by atoms with E-state index in [2.05, 4.69) is 163 Å². The van der Waals surface area contributed by atoms with Crippen LogP contribution < -0.4 is 5.32 Å². The zero-order valence-corrected chi connectivity index (χ0v) is 29.8. The predicted molar refractivity (Wildman–Crippen MR) is 227 cm³/mol. The fourth-order valence-corrected chi connectivity index (χ4v) is 8.91. The van der Waals surface area contributed by atoms with Crippen molar-refractivity contribution in [1.82, 2.24) is 5.32 Å². The van der Waals surface area contributed by atoms with E-state index in [0.29, 0.717) is 0 Å². The van der Waals surface area contributed by atoms with E-state index in [0.717, 1.165) is 66.8 Å². The lowest BCUT2D eigenvalue weighted by atomic mass is 9.99. The van der Waals surface area contributed by atoms with Crippen molar-refractivity contribution in [3.8, 4) is 22.3 Å². The summed E-state index contributed by atoms with van der Waals surface area (Å²) in [5.41, 5.74) is 9.32. The van der Waals surface area contributed by atoms with Gasteiger partial charge < -0.3 is 9.73 Å². The number of thiophene rings is 1. The highest BCUT2D eigenvalue weighted by Gasteiger charge is 2.24. The number of nitrogens with zero attached hydrogens (tertiary/aromatic N) is 2. The normalized spacial score (nSPS) is 14.5. The van der Waals surface area contributed by atoms with Crippen molar-refractivity contribution in [3.05, 3.63) is 193 Å². The molecule has 54 heavy (non-hydrogen) atoms. The number of fused-ring (bicyclic) bond motifs is 7. The van der Waals surface area contributed by atoms with Crippen molar-refractivity contribution in [1.29, 1.82) is 0 Å². The van der Waals surface area contributed by atoms with Crippen molar-refractivity contribution in [3.63, 3.8) is 0 Å². The minimum absolute atomic E-state index is 0.491. The summed E-state index contributed by atoms with van der Waals surface area (Å²) < 4.78 is 9.21. The largest absolute Gasteiger partial charge is 0.456 e. The Morgan fingerprint density at radius 2 is 1.09 bits per heavy atom. The zero-order chi connectivity index (χ0) is 35.6. The molecule has 5 heteroatoms. The third kappa shape index (κ3) is 5.20. The van der Waals surface area contributed by atoms with Crippen LogP contribution in [0.15, 0.2) is 190 Å². The van der Waals surface area contributed by atoms with E-state index < -0.39 is 6.17 Å². The lowest BCUT2D eigenvalue weighted by Gasteiger charge is -2.23. The van der Waals surface area contributed by atoms with Crippen LogP contribution in [0.1, 0.15) is 22.9 Å². The molecule has 2 aromatic heterocycles. The molecular formula is C49H31N3OS. The predicted octanol–water partition coefficient (Wildman–Crippen LogP) is 12.9. The molecule has 4 nitrogen and oxygen atoms in total. The number of nitrogens with one attached hydrogen (secondary N) is 1. The van der Waals surface area contributed by atoms with Gasteiger partial charge in [-0.25, -0.2) is 9.98 Å². The first-order chi connectivity index (χ1) is 26.7. The maximum Gasteiger partial charge on any atom is 0.170 e. The molecule has 0 saturated carbocycles. The van der Waals surface area contributed by atoms with Gasteiger partial charge in [-0.05, 0) is 75.5 Å². The molecular weight excluding hydrogens is 679 g/mol. The van der Waals surface area contributed by atoms with Gasteiger partial charge in [-0.3, -0.25) is 0 Å². The van der Waals surface area contributed by atoms with Crippen molar-refractivity contribution in [2.24, 2.45) is 9.98 Å². The molecule has 10 aromatic rings. The molecule has 0 spiro atoms. The highest BCUT2D eigenvalue weighted by atomic mass is 32.1. The number of benzene rings is 8. The molecule has 1 unspecified atom stereocenters. The van der Waals surface area contributed by atoms with E-state index in [9.17, 15) is 0 Å². The van der Waals surface area contributed by atoms with Crippen LogP contribution in [-0.2, 0) is 0 Å². The average molecular weight is 710 g/mol. The molecule has 1 atom stereocenters. The first-order valence-electron chi connectivity index (χ1n) is 18.2. The van der Waals surface area contributed by atoms with E-state index in [1.807, 2.05) is 29.5 Å². The number of amidine groups is 2. The fourth-order valence-electron chi connectivity index (χ4n) is 7.82. The Hall–Kier alpha value is -6.82. The number of furan rings is 1. The van der Waals surface area contributed by atoms with Crippen LogP contribution in [-0.4, -0.2) is 11.7 Å². The Labute approximate surface area is 315 Å². The van der Waals surface area contributed by atoms with Gasteiger partial charge in [-0.2, -0.15) is 0 Å². The van der Waals surface area contributed by atoms with Gasteiger partial charge in [0.25, 0.3) is 0 Å². The van der Waals surface area contributed by atoms with E-state index in [-0.39, 0.29) is 0 Å². The minimum Gasteiger partial charge on any atom is -0.456 e. The van der Waals surface area contributed by atoms with Crippen LogP contribution in [0.25, 0.3) is 75.1 Å². The standard InChI is InChI=1S/C49H31N3OS/c1-2-9-30(10-3-1)32-17-20-33(21-18-32)47-50-48(37-22-19-31-11-4-5-12-34(31)27-37)52-49(51-47)40-14-8-15-42-46(40)39-25-23-36(29-43(39)53-42)35-24-26-45-41(28-35)38-13-6-7-16-44(38)54-45/h1-29,49H,(H,50,51,52). The van der Waals surface area contributed by atoms with Gasteiger partial charge in [0.2, 0.25) is 0 Å². The molecule has 1 aliphatic heterocycles. The Morgan fingerprint density at radius 1 is 0.426 bits per heavy atom. The first kappa shape index (κ1) is 30.8. The highest BCUT2D eigenvalue weighted by Crippen LogP contribution is 2.40. The number of hydrogen-bond acceptors (Lipinski definition) is 5. The van der Waals surface area contributed by atoms with E-state index in [4.69, 9.17) is 14.4 Å². The molecule has 8 aromatic carbocycles. The molecule has 0 saturated heterocycles. The van der Waals surface area contributed by atoms with Crippen LogP contribution >= 0.6 is 11.3 Å². The molecule has 0 fully saturated rings. The second-order valence-electron chi connectivity index (χ2n) is 13.8. The van der Waals surface area contributed by atoms with E-state index in [1.165, 1.54) is 36.7 Å². The Balaban J connectivity index is 1.03. The molecule has 0 radical (unpaired) electrons. The third-order valence-electron chi connectivity index (χ3n) is 10.5. The number of aliphatic imine (C=N–C) groups is 2. The number of hydrogen-bond donors (Lipinski definition) is 1. The average Bonchev–Trinajstić information content (AvgIpc) is 3.81. The second kappa shape index (κ2) is 12.4. The monoisotopic (exact) mass is 709 g/mol. The van der Waals surface area contributed by atoms with Gasteiger partial charge >= 0.3 is 0 Å². The molecule has 254 valence electrons. The molecule has 3 heterocycles. The second-order valence-corrected chi connectivity index (χ2v) is 14.9. The van der Waals surface area contributed by atoms with Crippen LogP contribution in [0.5, 0.6) is 0 Å². The quantitative estimate of drug-likeness (QED) is 0.193. The van der Waals surface area contributed by atoms with Gasteiger partial charge in [-0.1, -0.05) is 133 Å². The van der Waals surface area contributed by atoms with Gasteiger partial charge in [0.15, 0.2) is 6.17 Å². The van der Waals surface area contributed by atoms with E-state index >= 15 is 0 Å². The fraction of sp³-hybridized carbons (Fsp3) is 0.0204. The summed E-state index contributed by atoms with van der Waals surface area (Å²) in [6, 6.07) is 62.2. The van der Waals surface area contributed by atoms with Crippen LogP contribution in [0.4, 0.5) is 0 Å². The lowest BCUT2D eigenvalue weighted by molar-refractivity contribution is 0.668. The van der Waals surface area contributed by atoms with Gasteiger partial charge in [0.1, 0.15) is 22.8 Å². The summed E-state index contributed by atoms with van der Waals surface area (Å²) in [5.74, 6) is 1.56. The summed E-state index contributed by atoms with van der Waals surface area (Å²) in [7, 11) is 0. The molecule has 1 N–H and O–H groups in total. The molecule has 11 rings (SSSR count). The summed E-state index contributed by atoms with van der Waals surface area (Å²) in [4.78, 5) is 10.6. The van der Waals surface area contributed by atoms with E-state index in [1.54, 1.807) is 0 Å². The third-order valence-corrected chi connectivity index (χ3v) is 11.7. The maximum atomic E-state index is 6.60. The van der Waals surface area contributed by atoms with Crippen molar-refractivity contribution >= 4 is 75.9 Å².